The monoisotopic (exact) mass is 217 g/mol. The van der Waals surface area contributed by atoms with Crippen molar-refractivity contribution >= 4 is 5.82 Å². The van der Waals surface area contributed by atoms with Crippen LogP contribution in [0.5, 0.6) is 0 Å². The molecule has 16 heavy (non-hydrogen) atoms. The van der Waals surface area contributed by atoms with Crippen LogP contribution < -0.4 is 5.32 Å². The quantitative estimate of drug-likeness (QED) is 0.837. The van der Waals surface area contributed by atoms with Gasteiger partial charge in [0.25, 0.3) is 0 Å². The van der Waals surface area contributed by atoms with Gasteiger partial charge in [0, 0.05) is 13.2 Å². The minimum absolute atomic E-state index is 0.395. The number of nitrogens with zero attached hydrogens (tertiary/aromatic N) is 2. The van der Waals surface area contributed by atoms with Crippen molar-refractivity contribution < 1.29 is 4.74 Å². The summed E-state index contributed by atoms with van der Waals surface area (Å²) >= 11 is 0. The van der Waals surface area contributed by atoms with Crippen molar-refractivity contribution in [2.45, 2.75) is 25.4 Å². The summed E-state index contributed by atoms with van der Waals surface area (Å²) in [5.41, 5.74) is 0.446. The number of pyridine rings is 1. The molecule has 0 bridgehead atoms. The Balaban J connectivity index is 1.78. The highest BCUT2D eigenvalue weighted by atomic mass is 16.5. The van der Waals surface area contributed by atoms with E-state index >= 15 is 0 Å². The summed E-state index contributed by atoms with van der Waals surface area (Å²) in [6.07, 6.45) is 3.73. The zero-order chi connectivity index (χ0) is 11.2. The SMILES string of the molecule is N#Cc1cccc(NCCC2CCCO2)n1. The maximum Gasteiger partial charge on any atom is 0.142 e. The average molecular weight is 217 g/mol. The van der Waals surface area contributed by atoms with E-state index in [-0.39, 0.29) is 0 Å². The Morgan fingerprint density at radius 2 is 2.50 bits per heavy atom. The molecule has 0 aromatic carbocycles. The first kappa shape index (κ1) is 10.9. The molecule has 84 valence electrons. The second-order valence-electron chi connectivity index (χ2n) is 3.87. The molecule has 1 aliphatic rings. The van der Waals surface area contributed by atoms with Gasteiger partial charge in [-0.2, -0.15) is 5.26 Å². The Bertz CT molecular complexity index is 380. The molecule has 4 nitrogen and oxygen atoms in total. The van der Waals surface area contributed by atoms with Gasteiger partial charge in [0.2, 0.25) is 0 Å². The first-order chi connectivity index (χ1) is 7.88. The van der Waals surface area contributed by atoms with Crippen LogP contribution in [0.4, 0.5) is 5.82 Å². The van der Waals surface area contributed by atoms with E-state index in [4.69, 9.17) is 10.00 Å². The van der Waals surface area contributed by atoms with Gasteiger partial charge in [0.05, 0.1) is 6.10 Å². The third-order valence-corrected chi connectivity index (χ3v) is 2.66. The van der Waals surface area contributed by atoms with E-state index in [9.17, 15) is 0 Å². The zero-order valence-corrected chi connectivity index (χ0v) is 9.15. The number of aromatic nitrogens is 1. The first-order valence-corrected chi connectivity index (χ1v) is 5.61. The van der Waals surface area contributed by atoms with E-state index < -0.39 is 0 Å². The van der Waals surface area contributed by atoms with Gasteiger partial charge in [0.1, 0.15) is 17.6 Å². The van der Waals surface area contributed by atoms with Crippen molar-refractivity contribution in [3.63, 3.8) is 0 Å². The van der Waals surface area contributed by atoms with E-state index in [0.29, 0.717) is 11.8 Å². The fourth-order valence-corrected chi connectivity index (χ4v) is 1.83. The predicted octanol–water partition coefficient (Wildman–Crippen LogP) is 1.93. The topological polar surface area (TPSA) is 57.9 Å². The molecule has 0 saturated carbocycles. The predicted molar refractivity (Wildman–Crippen MR) is 61.0 cm³/mol. The minimum atomic E-state index is 0.395. The lowest BCUT2D eigenvalue weighted by molar-refractivity contribution is 0.107. The fourth-order valence-electron chi connectivity index (χ4n) is 1.83. The molecule has 2 heterocycles. The van der Waals surface area contributed by atoms with Crippen LogP contribution in [-0.4, -0.2) is 24.2 Å². The second-order valence-corrected chi connectivity index (χ2v) is 3.87. The number of rotatable bonds is 4. The van der Waals surface area contributed by atoms with Crippen molar-refractivity contribution in [1.82, 2.24) is 4.98 Å². The summed E-state index contributed by atoms with van der Waals surface area (Å²) in [4.78, 5) is 4.14. The normalized spacial score (nSPS) is 19.3. The van der Waals surface area contributed by atoms with Crippen LogP contribution in [0, 0.1) is 11.3 Å². The van der Waals surface area contributed by atoms with Gasteiger partial charge >= 0.3 is 0 Å². The molecule has 1 saturated heterocycles. The summed E-state index contributed by atoms with van der Waals surface area (Å²) < 4.78 is 5.52. The van der Waals surface area contributed by atoms with E-state index in [1.807, 2.05) is 18.2 Å². The number of anilines is 1. The Labute approximate surface area is 95.3 Å². The number of nitrogens with one attached hydrogen (secondary N) is 1. The maximum atomic E-state index is 8.70. The highest BCUT2D eigenvalue weighted by Gasteiger charge is 2.14. The molecule has 2 rings (SSSR count). The van der Waals surface area contributed by atoms with Crippen LogP contribution in [0.3, 0.4) is 0 Å². The third-order valence-electron chi connectivity index (χ3n) is 2.66. The van der Waals surface area contributed by atoms with Gasteiger partial charge in [-0.05, 0) is 31.4 Å². The lowest BCUT2D eigenvalue weighted by atomic mass is 10.2. The van der Waals surface area contributed by atoms with Crippen LogP contribution in [0.15, 0.2) is 18.2 Å². The molecule has 1 aromatic heterocycles. The number of hydrogen-bond donors (Lipinski definition) is 1. The average Bonchev–Trinajstić information content (AvgIpc) is 2.82. The standard InChI is InChI=1S/C12H15N3O/c13-9-10-3-1-5-12(15-10)14-7-6-11-4-2-8-16-11/h1,3,5,11H,2,4,6-8H2,(H,14,15). The Kier molecular flexibility index (Phi) is 3.73. The summed E-state index contributed by atoms with van der Waals surface area (Å²) in [7, 11) is 0. The second kappa shape index (κ2) is 5.47. The van der Waals surface area contributed by atoms with Crippen LogP contribution in [0.2, 0.25) is 0 Å². The van der Waals surface area contributed by atoms with Gasteiger partial charge in [-0.1, -0.05) is 6.07 Å². The summed E-state index contributed by atoms with van der Waals surface area (Å²) in [6, 6.07) is 7.43. The Morgan fingerprint density at radius 1 is 1.56 bits per heavy atom. The van der Waals surface area contributed by atoms with Gasteiger partial charge in [-0.25, -0.2) is 4.98 Å². The molecule has 1 fully saturated rings. The van der Waals surface area contributed by atoms with Gasteiger partial charge in [-0.15, -0.1) is 0 Å². The van der Waals surface area contributed by atoms with Crippen molar-refractivity contribution in [3.8, 4) is 6.07 Å². The number of hydrogen-bond acceptors (Lipinski definition) is 4. The van der Waals surface area contributed by atoms with Crippen LogP contribution in [0.1, 0.15) is 25.0 Å². The molecular formula is C12H15N3O. The fraction of sp³-hybridized carbons (Fsp3) is 0.500. The molecule has 1 aliphatic heterocycles. The number of nitriles is 1. The minimum Gasteiger partial charge on any atom is -0.378 e. The third kappa shape index (κ3) is 2.94. The van der Waals surface area contributed by atoms with E-state index in [1.165, 1.54) is 6.42 Å². The molecule has 0 aliphatic carbocycles. The summed E-state index contributed by atoms with van der Waals surface area (Å²) in [5.74, 6) is 0.761. The van der Waals surface area contributed by atoms with Crippen molar-refractivity contribution in [2.24, 2.45) is 0 Å². The molecule has 1 atom stereocenters. The molecule has 1 aromatic rings. The van der Waals surface area contributed by atoms with Gasteiger partial charge < -0.3 is 10.1 Å². The van der Waals surface area contributed by atoms with E-state index in [0.717, 1.165) is 31.8 Å². The Hall–Kier alpha value is -1.60. The molecule has 0 radical (unpaired) electrons. The zero-order valence-electron chi connectivity index (χ0n) is 9.15. The molecule has 4 heteroatoms. The summed E-state index contributed by atoms with van der Waals surface area (Å²) in [6.45, 7) is 1.74. The van der Waals surface area contributed by atoms with Gasteiger partial charge in [-0.3, -0.25) is 0 Å². The Morgan fingerprint density at radius 3 is 3.25 bits per heavy atom. The maximum absolute atomic E-state index is 8.70. The van der Waals surface area contributed by atoms with Crippen molar-refractivity contribution in [2.75, 3.05) is 18.5 Å². The molecular weight excluding hydrogens is 202 g/mol. The van der Waals surface area contributed by atoms with Crippen LogP contribution >= 0.6 is 0 Å². The largest absolute Gasteiger partial charge is 0.378 e. The molecule has 1 N–H and O–H groups in total. The van der Waals surface area contributed by atoms with Crippen LogP contribution in [0.25, 0.3) is 0 Å². The van der Waals surface area contributed by atoms with E-state index in [1.54, 1.807) is 6.07 Å². The highest BCUT2D eigenvalue weighted by Crippen LogP contribution is 2.15. The molecule has 0 amide bonds. The first-order valence-electron chi connectivity index (χ1n) is 5.61. The molecule has 0 spiro atoms. The lowest BCUT2D eigenvalue weighted by Crippen LogP contribution is -2.13. The molecule has 1 unspecified atom stereocenters. The summed E-state index contributed by atoms with van der Waals surface area (Å²) in [5, 5.41) is 11.9. The number of ether oxygens (including phenoxy) is 1. The smallest absolute Gasteiger partial charge is 0.142 e. The lowest BCUT2D eigenvalue weighted by Gasteiger charge is -2.10. The van der Waals surface area contributed by atoms with Crippen LogP contribution in [-0.2, 0) is 4.74 Å². The van der Waals surface area contributed by atoms with Gasteiger partial charge in [0.15, 0.2) is 0 Å². The highest BCUT2D eigenvalue weighted by molar-refractivity contribution is 5.38. The van der Waals surface area contributed by atoms with E-state index in [2.05, 4.69) is 10.3 Å². The van der Waals surface area contributed by atoms with Crippen molar-refractivity contribution in [1.29, 1.82) is 5.26 Å². The van der Waals surface area contributed by atoms with Crippen molar-refractivity contribution in [3.05, 3.63) is 23.9 Å².